The third kappa shape index (κ3) is 4.64. The molecule has 0 spiro atoms. The number of Topliss-reactive ketones (excluding diaryl/α,β-unsaturated/α-hetero) is 1. The van der Waals surface area contributed by atoms with Gasteiger partial charge in [0.05, 0.1) is 27.8 Å². The van der Waals surface area contributed by atoms with E-state index in [9.17, 15) is 9.59 Å². The molecule has 1 N–H and O–H groups in total. The third-order valence-corrected chi connectivity index (χ3v) is 6.72. The lowest BCUT2D eigenvalue weighted by Crippen LogP contribution is -2.43. The predicted molar refractivity (Wildman–Crippen MR) is 138 cm³/mol. The number of hydrogen-bond acceptors (Lipinski definition) is 4. The Morgan fingerprint density at radius 1 is 1.11 bits per heavy atom. The second-order valence-corrected chi connectivity index (χ2v) is 9.06. The molecule has 1 fully saturated rings. The number of para-hydroxylation sites is 1. The number of ketones is 1. The van der Waals surface area contributed by atoms with Crippen LogP contribution < -0.4 is 5.32 Å². The van der Waals surface area contributed by atoms with Crippen molar-refractivity contribution in [1.82, 2.24) is 19.4 Å². The smallest absolute Gasteiger partial charge is 0.321 e. The molecule has 0 aliphatic carbocycles. The van der Waals surface area contributed by atoms with Gasteiger partial charge in [-0.2, -0.15) is 0 Å². The number of likely N-dealkylation sites (tertiary alicyclic amines) is 1. The second-order valence-electron chi connectivity index (χ2n) is 8.65. The Morgan fingerprint density at radius 2 is 1.94 bits per heavy atom. The van der Waals surface area contributed by atoms with Gasteiger partial charge in [-0.25, -0.2) is 9.78 Å². The van der Waals surface area contributed by atoms with Crippen LogP contribution in [0.15, 0.2) is 66.9 Å². The fourth-order valence-electron chi connectivity index (χ4n) is 4.63. The average Bonchev–Trinajstić information content (AvgIpc) is 3.29. The minimum Gasteiger partial charge on any atom is -0.322 e. The van der Waals surface area contributed by atoms with Gasteiger partial charge in [0.1, 0.15) is 5.69 Å². The number of aromatic nitrogens is 3. The topological polar surface area (TPSA) is 80.1 Å². The summed E-state index contributed by atoms with van der Waals surface area (Å²) in [6, 6.07) is 18.5. The van der Waals surface area contributed by atoms with Crippen molar-refractivity contribution in [3.63, 3.8) is 0 Å². The molecule has 0 radical (unpaired) electrons. The number of carbonyl (C=O) groups excluding carboxylic acids is 2. The second kappa shape index (κ2) is 9.88. The minimum absolute atomic E-state index is 0.00970. The Kier molecular flexibility index (Phi) is 6.51. The highest BCUT2D eigenvalue weighted by atomic mass is 35.5. The molecule has 1 saturated heterocycles. The van der Waals surface area contributed by atoms with Crippen LogP contribution in [-0.2, 0) is 0 Å². The molecule has 3 heterocycles. The molecule has 4 aromatic rings. The normalized spacial score (nSPS) is 15.8. The molecular formula is C27H26ClN5O2. The van der Waals surface area contributed by atoms with Gasteiger partial charge in [-0.1, -0.05) is 36.7 Å². The highest BCUT2D eigenvalue weighted by Crippen LogP contribution is 2.33. The maximum absolute atomic E-state index is 13.1. The molecule has 2 aromatic heterocycles. The summed E-state index contributed by atoms with van der Waals surface area (Å²) in [6.45, 7) is 3.04. The molecule has 1 aliphatic heterocycles. The van der Waals surface area contributed by atoms with E-state index in [1.54, 1.807) is 18.3 Å². The van der Waals surface area contributed by atoms with Crippen molar-refractivity contribution >= 4 is 40.1 Å². The van der Waals surface area contributed by atoms with Crippen molar-refractivity contribution in [3.05, 3.63) is 77.4 Å². The monoisotopic (exact) mass is 487 g/mol. The molecule has 1 aliphatic rings. The maximum Gasteiger partial charge on any atom is 0.321 e. The van der Waals surface area contributed by atoms with Gasteiger partial charge in [-0.15, -0.1) is 0 Å². The van der Waals surface area contributed by atoms with E-state index in [1.165, 1.54) is 0 Å². The van der Waals surface area contributed by atoms with Gasteiger partial charge < -0.3 is 14.8 Å². The van der Waals surface area contributed by atoms with Crippen molar-refractivity contribution < 1.29 is 9.59 Å². The molecule has 7 nitrogen and oxygen atoms in total. The number of hydrogen-bond donors (Lipinski definition) is 1. The Morgan fingerprint density at radius 3 is 2.71 bits per heavy atom. The molecule has 0 saturated carbocycles. The molecule has 2 amide bonds. The van der Waals surface area contributed by atoms with Crippen LogP contribution in [-0.4, -0.2) is 44.3 Å². The van der Waals surface area contributed by atoms with Crippen molar-refractivity contribution in [2.45, 2.75) is 32.2 Å². The number of rotatable bonds is 5. The van der Waals surface area contributed by atoms with E-state index in [4.69, 9.17) is 16.6 Å². The van der Waals surface area contributed by atoms with Gasteiger partial charge in [0.15, 0.2) is 11.6 Å². The van der Waals surface area contributed by atoms with Crippen molar-refractivity contribution in [2.75, 3.05) is 18.4 Å². The Bertz CT molecular complexity index is 1390. The van der Waals surface area contributed by atoms with Crippen molar-refractivity contribution in [1.29, 1.82) is 0 Å². The van der Waals surface area contributed by atoms with Gasteiger partial charge in [-0.05, 0) is 55.3 Å². The van der Waals surface area contributed by atoms with E-state index >= 15 is 0 Å². The number of urea groups is 1. The molecule has 1 unspecified atom stereocenters. The average molecular weight is 488 g/mol. The maximum atomic E-state index is 13.1. The van der Waals surface area contributed by atoms with E-state index < -0.39 is 0 Å². The van der Waals surface area contributed by atoms with Crippen LogP contribution in [0.4, 0.5) is 10.5 Å². The molecule has 8 heteroatoms. The van der Waals surface area contributed by atoms with Gasteiger partial charge in [0, 0.05) is 31.3 Å². The molecule has 0 bridgehead atoms. The van der Waals surface area contributed by atoms with Crippen LogP contribution in [0.3, 0.4) is 0 Å². The van der Waals surface area contributed by atoms with Crippen LogP contribution in [0.5, 0.6) is 0 Å². The first-order chi connectivity index (χ1) is 17.0. The number of carbonyl (C=O) groups is 2. The highest BCUT2D eigenvalue weighted by molar-refractivity contribution is 6.33. The zero-order valence-electron chi connectivity index (χ0n) is 19.4. The lowest BCUT2D eigenvalue weighted by molar-refractivity contribution is 0.0988. The number of fused-ring (bicyclic) bond motifs is 1. The lowest BCUT2D eigenvalue weighted by atomic mass is 10.0. The van der Waals surface area contributed by atoms with Gasteiger partial charge in [-0.3, -0.25) is 9.78 Å². The Labute approximate surface area is 208 Å². The first-order valence-electron chi connectivity index (χ1n) is 11.8. The number of halogens is 1. The SMILES string of the molecule is CCC(=O)c1ccc2c(c1)nc(-c1ccccn1)n2C1CCCN(C(=O)Nc2ccccc2Cl)C1. The predicted octanol–water partition coefficient (Wildman–Crippen LogP) is 6.21. The number of anilines is 1. The molecule has 1 atom stereocenters. The number of imidazole rings is 1. The number of nitrogens with zero attached hydrogens (tertiary/aromatic N) is 4. The van der Waals surface area contributed by atoms with E-state index in [0.29, 0.717) is 35.8 Å². The summed E-state index contributed by atoms with van der Waals surface area (Å²) in [5.41, 5.74) is 3.68. The summed E-state index contributed by atoms with van der Waals surface area (Å²) in [7, 11) is 0. The van der Waals surface area contributed by atoms with Crippen LogP contribution >= 0.6 is 11.6 Å². The van der Waals surface area contributed by atoms with Crippen LogP contribution in [0.1, 0.15) is 42.6 Å². The number of pyridine rings is 1. The molecular weight excluding hydrogens is 462 g/mol. The Balaban J connectivity index is 1.50. The van der Waals surface area contributed by atoms with Gasteiger partial charge in [0.2, 0.25) is 0 Å². The summed E-state index contributed by atoms with van der Waals surface area (Å²) in [6.07, 6.45) is 3.94. The molecule has 5 rings (SSSR count). The van der Waals surface area contributed by atoms with Crippen LogP contribution in [0.25, 0.3) is 22.6 Å². The van der Waals surface area contributed by atoms with Gasteiger partial charge >= 0.3 is 6.03 Å². The van der Waals surface area contributed by atoms with Crippen LogP contribution in [0, 0.1) is 0 Å². The van der Waals surface area contributed by atoms with Crippen LogP contribution in [0.2, 0.25) is 5.02 Å². The van der Waals surface area contributed by atoms with E-state index in [-0.39, 0.29) is 17.9 Å². The third-order valence-electron chi connectivity index (χ3n) is 6.39. The van der Waals surface area contributed by atoms with Crippen molar-refractivity contribution in [2.24, 2.45) is 0 Å². The summed E-state index contributed by atoms with van der Waals surface area (Å²) in [5, 5.41) is 3.44. The number of piperidine rings is 1. The quantitative estimate of drug-likeness (QED) is 0.339. The summed E-state index contributed by atoms with van der Waals surface area (Å²) in [4.78, 5) is 36.6. The first kappa shape index (κ1) is 23.1. The van der Waals surface area contributed by atoms with E-state index in [1.807, 2.05) is 60.4 Å². The fourth-order valence-corrected chi connectivity index (χ4v) is 4.81. The number of nitrogens with one attached hydrogen (secondary N) is 1. The fraction of sp³-hybridized carbons (Fsp3) is 0.259. The largest absolute Gasteiger partial charge is 0.322 e. The molecule has 35 heavy (non-hydrogen) atoms. The zero-order valence-corrected chi connectivity index (χ0v) is 20.2. The van der Waals surface area contributed by atoms with E-state index in [0.717, 1.165) is 35.4 Å². The standard InChI is InChI=1S/C27H26ClN5O2/c1-2-25(34)18-12-13-24-23(16-18)30-26(22-11-5-6-14-29-22)33(24)19-8-7-15-32(17-19)27(35)31-21-10-4-3-9-20(21)28/h3-6,9-14,16,19H,2,7-8,15,17H2,1H3,(H,31,35). The highest BCUT2D eigenvalue weighted by Gasteiger charge is 2.29. The summed E-state index contributed by atoms with van der Waals surface area (Å²) in [5.74, 6) is 0.820. The minimum atomic E-state index is -0.178. The zero-order chi connectivity index (χ0) is 24.4. The van der Waals surface area contributed by atoms with Gasteiger partial charge in [0.25, 0.3) is 0 Å². The van der Waals surface area contributed by atoms with E-state index in [2.05, 4.69) is 14.9 Å². The van der Waals surface area contributed by atoms with Crippen molar-refractivity contribution in [3.8, 4) is 11.5 Å². The molecule has 2 aromatic carbocycles. The molecule has 178 valence electrons. The number of amides is 2. The summed E-state index contributed by atoms with van der Waals surface area (Å²) < 4.78 is 2.17. The first-order valence-corrected chi connectivity index (χ1v) is 12.2. The summed E-state index contributed by atoms with van der Waals surface area (Å²) >= 11 is 6.24. The lowest BCUT2D eigenvalue weighted by Gasteiger charge is -2.34. The Hall–Kier alpha value is -3.71. The number of benzene rings is 2.